The lowest BCUT2D eigenvalue weighted by molar-refractivity contribution is 0.277. The molecule has 7 heteroatoms. The summed E-state index contributed by atoms with van der Waals surface area (Å²) in [5, 5.41) is 7.70. The fourth-order valence-electron chi connectivity index (χ4n) is 1.49. The normalized spacial score (nSPS) is 10.5. The van der Waals surface area contributed by atoms with Crippen molar-refractivity contribution in [3.8, 4) is 11.5 Å². The minimum absolute atomic E-state index is 0.435. The average molecular weight is 330 g/mol. The average Bonchev–Trinajstić information content (AvgIpc) is 2.46. The Morgan fingerprint density at radius 1 is 1.38 bits per heavy atom. The van der Waals surface area contributed by atoms with Crippen molar-refractivity contribution in [2.45, 2.75) is 20.3 Å². The maximum absolute atomic E-state index is 6.25. The van der Waals surface area contributed by atoms with Crippen LogP contribution in [0.25, 0.3) is 0 Å². The number of nitrogens with one attached hydrogen (secondary N) is 2. The van der Waals surface area contributed by atoms with Crippen LogP contribution in [0.4, 0.5) is 0 Å². The second-order valence-electron chi connectivity index (χ2n) is 4.06. The number of hydrazone groups is 1. The molecule has 0 unspecified atom stereocenters. The summed E-state index contributed by atoms with van der Waals surface area (Å²) in [7, 11) is 1.72. The van der Waals surface area contributed by atoms with Crippen LogP contribution in [0.2, 0.25) is 5.02 Å². The van der Waals surface area contributed by atoms with Crippen LogP contribution in [0.5, 0.6) is 11.5 Å². The van der Waals surface area contributed by atoms with Crippen LogP contribution in [-0.4, -0.2) is 31.6 Å². The molecule has 116 valence electrons. The highest BCUT2D eigenvalue weighted by Crippen LogP contribution is 2.36. The van der Waals surface area contributed by atoms with E-state index in [0.29, 0.717) is 34.8 Å². The van der Waals surface area contributed by atoms with Crippen molar-refractivity contribution >= 4 is 35.1 Å². The molecule has 0 aliphatic carbocycles. The fourth-order valence-corrected chi connectivity index (χ4v) is 1.82. The maximum Gasteiger partial charge on any atom is 0.186 e. The quantitative estimate of drug-likeness (QED) is 0.457. The molecule has 5 nitrogen and oxygen atoms in total. The lowest BCUT2D eigenvalue weighted by atomic mass is 10.2. The van der Waals surface area contributed by atoms with Gasteiger partial charge in [-0.1, -0.05) is 18.5 Å². The molecule has 0 aromatic heterocycles. The second kappa shape index (κ2) is 9.41. The molecule has 21 heavy (non-hydrogen) atoms. The standard InChI is InChI=1S/C14H20ClN3O2S/c1-4-6-20-13-11(15)7-10(8-12(13)19-5-2)9-17-18-14(21)16-3/h7-9H,4-6H2,1-3H3,(H2,16,18,21)/b17-9+. The number of benzene rings is 1. The van der Waals surface area contributed by atoms with Crippen molar-refractivity contribution in [1.82, 2.24) is 10.7 Å². The van der Waals surface area contributed by atoms with Gasteiger partial charge in [-0.3, -0.25) is 5.43 Å². The topological polar surface area (TPSA) is 54.9 Å². The molecule has 0 saturated carbocycles. The first-order valence-corrected chi connectivity index (χ1v) is 7.50. The molecule has 2 N–H and O–H groups in total. The van der Waals surface area contributed by atoms with Gasteiger partial charge in [-0.05, 0) is 43.3 Å². The Morgan fingerprint density at radius 3 is 2.76 bits per heavy atom. The van der Waals surface area contributed by atoms with Gasteiger partial charge in [0.05, 0.1) is 24.5 Å². The minimum atomic E-state index is 0.435. The van der Waals surface area contributed by atoms with Gasteiger partial charge in [0.15, 0.2) is 16.6 Å². The van der Waals surface area contributed by atoms with Gasteiger partial charge in [-0.15, -0.1) is 0 Å². The fraction of sp³-hybridized carbons (Fsp3) is 0.429. The van der Waals surface area contributed by atoms with Gasteiger partial charge in [0.1, 0.15) is 0 Å². The lowest BCUT2D eigenvalue weighted by Crippen LogP contribution is -2.28. The third-order valence-electron chi connectivity index (χ3n) is 2.39. The van der Waals surface area contributed by atoms with Crippen LogP contribution in [0.1, 0.15) is 25.8 Å². The summed E-state index contributed by atoms with van der Waals surface area (Å²) < 4.78 is 11.2. The van der Waals surface area contributed by atoms with Crippen LogP contribution in [0, 0.1) is 0 Å². The van der Waals surface area contributed by atoms with Crippen molar-refractivity contribution in [3.05, 3.63) is 22.7 Å². The Balaban J connectivity index is 2.94. The zero-order valence-electron chi connectivity index (χ0n) is 12.4. The third kappa shape index (κ3) is 5.77. The van der Waals surface area contributed by atoms with Crippen LogP contribution < -0.4 is 20.2 Å². The van der Waals surface area contributed by atoms with Gasteiger partial charge < -0.3 is 14.8 Å². The molecule has 1 aromatic carbocycles. The smallest absolute Gasteiger partial charge is 0.186 e. The van der Waals surface area contributed by atoms with E-state index in [9.17, 15) is 0 Å². The largest absolute Gasteiger partial charge is 0.490 e. The number of rotatable bonds is 7. The van der Waals surface area contributed by atoms with Gasteiger partial charge in [0.25, 0.3) is 0 Å². The van der Waals surface area contributed by atoms with E-state index in [1.807, 2.05) is 19.9 Å². The summed E-state index contributed by atoms with van der Waals surface area (Å²) >= 11 is 11.2. The van der Waals surface area contributed by atoms with E-state index in [0.717, 1.165) is 12.0 Å². The van der Waals surface area contributed by atoms with Crippen LogP contribution in [0.3, 0.4) is 0 Å². The molecule has 1 rings (SSSR count). The molecular weight excluding hydrogens is 310 g/mol. The molecule has 0 aliphatic rings. The van der Waals surface area contributed by atoms with E-state index in [1.54, 1.807) is 19.3 Å². The van der Waals surface area contributed by atoms with E-state index >= 15 is 0 Å². The number of halogens is 1. The van der Waals surface area contributed by atoms with Crippen molar-refractivity contribution < 1.29 is 9.47 Å². The van der Waals surface area contributed by atoms with Crippen LogP contribution >= 0.6 is 23.8 Å². The van der Waals surface area contributed by atoms with E-state index in [4.69, 9.17) is 33.3 Å². The highest BCUT2D eigenvalue weighted by molar-refractivity contribution is 7.80. The second-order valence-corrected chi connectivity index (χ2v) is 4.88. The first-order chi connectivity index (χ1) is 10.1. The molecule has 0 aliphatic heterocycles. The lowest BCUT2D eigenvalue weighted by Gasteiger charge is -2.13. The van der Waals surface area contributed by atoms with E-state index < -0.39 is 0 Å². The van der Waals surface area contributed by atoms with E-state index in [-0.39, 0.29) is 0 Å². The molecule has 1 aromatic rings. The number of ether oxygens (including phenoxy) is 2. The highest BCUT2D eigenvalue weighted by Gasteiger charge is 2.11. The zero-order chi connectivity index (χ0) is 15.7. The summed E-state index contributed by atoms with van der Waals surface area (Å²) in [6, 6.07) is 3.59. The van der Waals surface area contributed by atoms with E-state index in [2.05, 4.69) is 15.8 Å². The molecule has 0 heterocycles. The predicted octanol–water partition coefficient (Wildman–Crippen LogP) is 2.96. The third-order valence-corrected chi connectivity index (χ3v) is 2.97. The molecule has 0 fully saturated rings. The molecule has 0 radical (unpaired) electrons. The summed E-state index contributed by atoms with van der Waals surface area (Å²) in [6.45, 7) is 5.06. The Bertz CT molecular complexity index is 509. The SMILES string of the molecule is CCCOc1c(Cl)cc(/C=N/NC(=S)NC)cc1OCC. The van der Waals surface area contributed by atoms with Gasteiger partial charge >= 0.3 is 0 Å². The summed E-state index contributed by atoms with van der Waals surface area (Å²) in [4.78, 5) is 0. The van der Waals surface area contributed by atoms with Gasteiger partial charge in [-0.25, -0.2) is 0 Å². The Kier molecular flexibility index (Phi) is 7.85. The number of thiocarbonyl (C=S) groups is 1. The summed E-state index contributed by atoms with van der Waals surface area (Å²) in [5.41, 5.74) is 3.47. The first kappa shape index (κ1) is 17.5. The number of nitrogens with zero attached hydrogens (tertiary/aromatic N) is 1. The Morgan fingerprint density at radius 2 is 2.14 bits per heavy atom. The van der Waals surface area contributed by atoms with Crippen molar-refractivity contribution in [3.63, 3.8) is 0 Å². The number of hydrogen-bond donors (Lipinski definition) is 2. The first-order valence-electron chi connectivity index (χ1n) is 6.72. The van der Waals surface area contributed by atoms with Crippen molar-refractivity contribution in [2.24, 2.45) is 5.10 Å². The van der Waals surface area contributed by atoms with Gasteiger partial charge in [0.2, 0.25) is 0 Å². The molecule has 0 bridgehead atoms. The minimum Gasteiger partial charge on any atom is -0.490 e. The summed E-state index contributed by atoms with van der Waals surface area (Å²) in [6.07, 6.45) is 2.51. The Labute approximate surface area is 135 Å². The molecule has 0 saturated heterocycles. The highest BCUT2D eigenvalue weighted by atomic mass is 35.5. The van der Waals surface area contributed by atoms with Gasteiger partial charge in [0, 0.05) is 7.05 Å². The van der Waals surface area contributed by atoms with E-state index in [1.165, 1.54) is 0 Å². The number of hydrogen-bond acceptors (Lipinski definition) is 4. The molecular formula is C14H20ClN3O2S. The predicted molar refractivity (Wildman–Crippen MR) is 90.8 cm³/mol. The van der Waals surface area contributed by atoms with Crippen molar-refractivity contribution in [2.75, 3.05) is 20.3 Å². The summed E-state index contributed by atoms with van der Waals surface area (Å²) in [5.74, 6) is 1.17. The van der Waals surface area contributed by atoms with Crippen LogP contribution in [-0.2, 0) is 0 Å². The zero-order valence-corrected chi connectivity index (χ0v) is 14.0. The maximum atomic E-state index is 6.25. The molecule has 0 atom stereocenters. The van der Waals surface area contributed by atoms with Crippen LogP contribution in [0.15, 0.2) is 17.2 Å². The van der Waals surface area contributed by atoms with Crippen molar-refractivity contribution in [1.29, 1.82) is 0 Å². The van der Waals surface area contributed by atoms with Gasteiger partial charge in [-0.2, -0.15) is 5.10 Å². The molecule has 0 spiro atoms. The monoisotopic (exact) mass is 329 g/mol. The molecule has 0 amide bonds. The Hall–Kier alpha value is -1.53.